The fourth-order valence-electron chi connectivity index (χ4n) is 2.89. The van der Waals surface area contributed by atoms with Crippen LogP contribution < -0.4 is 10.5 Å². The van der Waals surface area contributed by atoms with Gasteiger partial charge in [-0.15, -0.1) is 10.2 Å². The van der Waals surface area contributed by atoms with E-state index in [1.54, 1.807) is 7.11 Å². The highest BCUT2D eigenvalue weighted by Crippen LogP contribution is 2.32. The maximum absolute atomic E-state index is 11.2. The van der Waals surface area contributed by atoms with E-state index in [-0.39, 0.29) is 5.75 Å². The zero-order chi connectivity index (χ0) is 18.8. The van der Waals surface area contributed by atoms with Crippen molar-refractivity contribution in [3.8, 4) is 22.8 Å². The van der Waals surface area contributed by atoms with Gasteiger partial charge in [-0.2, -0.15) is 0 Å². The fourth-order valence-corrected chi connectivity index (χ4v) is 3.59. The molecule has 136 valence electrons. The van der Waals surface area contributed by atoms with Crippen LogP contribution in [0.2, 0.25) is 0 Å². The number of carbonyl (C=O) groups is 1. The van der Waals surface area contributed by atoms with E-state index in [2.05, 4.69) is 15.2 Å². The highest BCUT2D eigenvalue weighted by atomic mass is 32.2. The van der Waals surface area contributed by atoms with E-state index in [1.165, 1.54) is 11.8 Å². The van der Waals surface area contributed by atoms with Crippen LogP contribution in [0.5, 0.6) is 5.75 Å². The Kier molecular flexibility index (Phi) is 4.55. The maximum atomic E-state index is 11.2. The second-order valence-corrected chi connectivity index (χ2v) is 6.79. The van der Waals surface area contributed by atoms with E-state index in [1.807, 2.05) is 59.3 Å². The summed E-state index contributed by atoms with van der Waals surface area (Å²) in [6.45, 7) is 0. The zero-order valence-electron chi connectivity index (χ0n) is 14.5. The Morgan fingerprint density at radius 1 is 1.19 bits per heavy atom. The number of thioether (sulfide) groups is 1. The van der Waals surface area contributed by atoms with E-state index in [0.29, 0.717) is 11.0 Å². The van der Waals surface area contributed by atoms with Crippen LogP contribution in [0, 0.1) is 0 Å². The summed E-state index contributed by atoms with van der Waals surface area (Å²) in [4.78, 5) is 14.5. The molecule has 0 bridgehead atoms. The number of carbonyl (C=O) groups excluding carboxylic acids is 1. The largest absolute Gasteiger partial charge is 0.497 e. The Hall–Kier alpha value is -3.26. The van der Waals surface area contributed by atoms with E-state index >= 15 is 0 Å². The molecule has 0 aliphatic rings. The second kappa shape index (κ2) is 7.16. The number of hydrogen-bond donors (Lipinski definition) is 2. The number of amides is 1. The molecule has 7 nitrogen and oxygen atoms in total. The molecular formula is C19H17N5O2S. The molecule has 0 fully saturated rings. The van der Waals surface area contributed by atoms with Crippen molar-refractivity contribution in [1.29, 1.82) is 0 Å². The van der Waals surface area contributed by atoms with Gasteiger partial charge in [0.15, 0.2) is 11.0 Å². The normalized spacial score (nSPS) is 11.0. The molecule has 2 aromatic heterocycles. The summed E-state index contributed by atoms with van der Waals surface area (Å²) in [6, 6.07) is 15.6. The number of methoxy groups -OCH3 is 1. The maximum Gasteiger partial charge on any atom is 0.227 e. The lowest BCUT2D eigenvalue weighted by molar-refractivity contribution is -0.115. The molecule has 0 aliphatic heterocycles. The summed E-state index contributed by atoms with van der Waals surface area (Å²) in [5, 5.41) is 10.3. The summed E-state index contributed by atoms with van der Waals surface area (Å²) in [7, 11) is 1.62. The number of H-pyrrole nitrogens is 1. The molecule has 3 N–H and O–H groups in total. The molecule has 0 spiro atoms. The van der Waals surface area contributed by atoms with Crippen molar-refractivity contribution in [2.24, 2.45) is 5.73 Å². The van der Waals surface area contributed by atoms with Crippen LogP contribution in [-0.4, -0.2) is 38.5 Å². The Morgan fingerprint density at radius 3 is 2.70 bits per heavy atom. The number of hydrogen-bond acceptors (Lipinski definition) is 5. The number of nitrogens with one attached hydrogen (secondary N) is 1. The van der Waals surface area contributed by atoms with E-state index < -0.39 is 5.91 Å². The lowest BCUT2D eigenvalue weighted by Crippen LogP contribution is -2.13. The second-order valence-electron chi connectivity index (χ2n) is 5.84. The molecule has 1 amide bonds. The lowest BCUT2D eigenvalue weighted by atomic mass is 10.1. The van der Waals surface area contributed by atoms with Crippen LogP contribution in [0.25, 0.3) is 28.0 Å². The van der Waals surface area contributed by atoms with Gasteiger partial charge in [0.1, 0.15) is 5.75 Å². The Balaban J connectivity index is 1.87. The summed E-state index contributed by atoms with van der Waals surface area (Å²) in [5.74, 6) is 1.16. The van der Waals surface area contributed by atoms with Gasteiger partial charge in [-0.1, -0.05) is 30.0 Å². The van der Waals surface area contributed by atoms with Crippen LogP contribution in [0.4, 0.5) is 0 Å². The van der Waals surface area contributed by atoms with Gasteiger partial charge in [0.25, 0.3) is 0 Å². The topological polar surface area (TPSA) is 98.8 Å². The molecule has 4 aromatic rings. The number of primary amides is 1. The predicted molar refractivity (Wildman–Crippen MR) is 105 cm³/mol. The van der Waals surface area contributed by atoms with Gasteiger partial charge in [-0.05, 0) is 30.3 Å². The number of aromatic nitrogens is 4. The molecule has 0 saturated carbocycles. The van der Waals surface area contributed by atoms with Crippen molar-refractivity contribution >= 4 is 28.6 Å². The van der Waals surface area contributed by atoms with Crippen molar-refractivity contribution in [3.63, 3.8) is 0 Å². The average Bonchev–Trinajstić information content (AvgIpc) is 3.30. The fraction of sp³-hybridized carbons (Fsp3) is 0.105. The number of fused-ring (bicyclic) bond motifs is 1. The molecule has 4 rings (SSSR count). The van der Waals surface area contributed by atoms with Gasteiger partial charge in [-0.3, -0.25) is 9.36 Å². The molecule has 8 heteroatoms. The quantitative estimate of drug-likeness (QED) is 0.502. The Morgan fingerprint density at radius 2 is 1.96 bits per heavy atom. The van der Waals surface area contributed by atoms with Gasteiger partial charge in [0, 0.05) is 28.4 Å². The number of rotatable bonds is 6. The molecule has 0 aliphatic carbocycles. The third-order valence-corrected chi connectivity index (χ3v) is 5.09. The standard InChI is InChI=1S/C19H17N5O2S/c1-26-13-8-6-12(7-9-13)24-18(22-23-19(24)27-11-17(20)25)15-10-21-16-5-3-2-4-14(15)16/h2-10,21H,11H2,1H3,(H2,20,25). The smallest absolute Gasteiger partial charge is 0.227 e. The first-order valence-electron chi connectivity index (χ1n) is 8.25. The summed E-state index contributed by atoms with van der Waals surface area (Å²) < 4.78 is 7.16. The average molecular weight is 379 g/mol. The Bertz CT molecular complexity index is 1100. The molecule has 27 heavy (non-hydrogen) atoms. The van der Waals surface area contributed by atoms with Gasteiger partial charge >= 0.3 is 0 Å². The summed E-state index contributed by atoms with van der Waals surface area (Å²) in [5.41, 5.74) is 8.12. The van der Waals surface area contributed by atoms with Crippen LogP contribution in [0.1, 0.15) is 0 Å². The summed E-state index contributed by atoms with van der Waals surface area (Å²) in [6.07, 6.45) is 1.91. The monoisotopic (exact) mass is 379 g/mol. The van der Waals surface area contributed by atoms with Crippen molar-refractivity contribution in [1.82, 2.24) is 19.7 Å². The van der Waals surface area contributed by atoms with Crippen LogP contribution >= 0.6 is 11.8 Å². The predicted octanol–water partition coefficient (Wildman–Crippen LogP) is 3.00. The summed E-state index contributed by atoms with van der Waals surface area (Å²) >= 11 is 1.26. The number of nitrogens with two attached hydrogens (primary N) is 1. The van der Waals surface area contributed by atoms with E-state index in [9.17, 15) is 4.79 Å². The van der Waals surface area contributed by atoms with Crippen molar-refractivity contribution in [3.05, 3.63) is 54.7 Å². The van der Waals surface area contributed by atoms with Gasteiger partial charge in [0.2, 0.25) is 5.91 Å². The first-order valence-corrected chi connectivity index (χ1v) is 9.23. The minimum absolute atomic E-state index is 0.127. The molecule has 2 aromatic carbocycles. The highest BCUT2D eigenvalue weighted by molar-refractivity contribution is 7.99. The third-order valence-electron chi connectivity index (χ3n) is 4.14. The highest BCUT2D eigenvalue weighted by Gasteiger charge is 2.19. The molecule has 2 heterocycles. The van der Waals surface area contributed by atoms with E-state index in [4.69, 9.17) is 10.5 Å². The molecule has 0 unspecified atom stereocenters. The zero-order valence-corrected chi connectivity index (χ0v) is 15.4. The first-order chi connectivity index (χ1) is 13.2. The third kappa shape index (κ3) is 3.26. The number of ether oxygens (including phenoxy) is 1. The first kappa shape index (κ1) is 17.2. The Labute approximate surface area is 159 Å². The van der Waals surface area contributed by atoms with Crippen molar-refractivity contribution in [2.75, 3.05) is 12.9 Å². The number of aromatic amines is 1. The molecular weight excluding hydrogens is 362 g/mol. The van der Waals surface area contributed by atoms with Crippen LogP contribution in [-0.2, 0) is 4.79 Å². The molecule has 0 atom stereocenters. The molecule has 0 saturated heterocycles. The number of para-hydroxylation sites is 1. The van der Waals surface area contributed by atoms with Gasteiger partial charge < -0.3 is 15.5 Å². The lowest BCUT2D eigenvalue weighted by Gasteiger charge is -2.10. The van der Waals surface area contributed by atoms with Crippen molar-refractivity contribution in [2.45, 2.75) is 5.16 Å². The van der Waals surface area contributed by atoms with E-state index in [0.717, 1.165) is 27.9 Å². The van der Waals surface area contributed by atoms with Crippen molar-refractivity contribution < 1.29 is 9.53 Å². The minimum Gasteiger partial charge on any atom is -0.497 e. The van der Waals surface area contributed by atoms with Crippen LogP contribution in [0.3, 0.4) is 0 Å². The van der Waals surface area contributed by atoms with Gasteiger partial charge in [0.05, 0.1) is 12.9 Å². The van der Waals surface area contributed by atoms with Gasteiger partial charge in [-0.25, -0.2) is 0 Å². The number of nitrogens with zero attached hydrogens (tertiary/aromatic N) is 3. The minimum atomic E-state index is -0.405. The molecule has 0 radical (unpaired) electrons. The SMILES string of the molecule is COc1ccc(-n2c(SCC(N)=O)nnc2-c2c[nH]c3ccccc23)cc1. The number of benzene rings is 2. The van der Waals surface area contributed by atoms with Crippen LogP contribution in [0.15, 0.2) is 59.9 Å².